The van der Waals surface area contributed by atoms with E-state index in [4.69, 9.17) is 16.3 Å². The summed E-state index contributed by atoms with van der Waals surface area (Å²) in [6.07, 6.45) is -4.54. The van der Waals surface area contributed by atoms with Gasteiger partial charge in [-0.2, -0.15) is 13.2 Å². The minimum Gasteiger partial charge on any atom is -0.485 e. The third kappa shape index (κ3) is 6.20. The third-order valence-corrected chi connectivity index (χ3v) is 6.22. The first kappa shape index (κ1) is 24.9. The van der Waals surface area contributed by atoms with Gasteiger partial charge in [-0.15, -0.1) is 10.2 Å². The highest BCUT2D eigenvalue weighted by Crippen LogP contribution is 2.34. The van der Waals surface area contributed by atoms with Crippen molar-refractivity contribution in [2.24, 2.45) is 0 Å². The van der Waals surface area contributed by atoms with E-state index in [9.17, 15) is 18.0 Å². The van der Waals surface area contributed by atoms with Crippen molar-refractivity contribution < 1.29 is 22.7 Å². The van der Waals surface area contributed by atoms with Gasteiger partial charge in [-0.25, -0.2) is 0 Å². The number of nitrogens with zero attached hydrogens (tertiary/aromatic N) is 3. The van der Waals surface area contributed by atoms with Crippen molar-refractivity contribution in [3.8, 4) is 5.75 Å². The number of carbonyl (C=O) groups is 1. The Bertz CT molecular complexity index is 1150. The Balaban J connectivity index is 1.63. The maximum atomic E-state index is 12.9. The van der Waals surface area contributed by atoms with Crippen LogP contribution in [0.4, 0.5) is 18.9 Å². The van der Waals surface area contributed by atoms with Gasteiger partial charge in [0.15, 0.2) is 11.0 Å². The van der Waals surface area contributed by atoms with Crippen LogP contribution in [-0.2, 0) is 24.1 Å². The Morgan fingerprint density at radius 1 is 1.21 bits per heavy atom. The van der Waals surface area contributed by atoms with Gasteiger partial charge >= 0.3 is 6.18 Å². The fourth-order valence-electron chi connectivity index (χ4n) is 2.99. The molecule has 0 aliphatic heterocycles. The number of carbonyl (C=O) groups excluding carboxylic acids is 1. The molecule has 6 nitrogen and oxygen atoms in total. The summed E-state index contributed by atoms with van der Waals surface area (Å²) in [7, 11) is 0. The molecule has 2 aromatic carbocycles. The van der Waals surface area contributed by atoms with Gasteiger partial charge in [0, 0.05) is 6.54 Å². The number of alkyl halides is 3. The molecule has 0 aliphatic rings. The number of amides is 1. The van der Waals surface area contributed by atoms with E-state index >= 15 is 0 Å². The Morgan fingerprint density at radius 3 is 2.67 bits per heavy atom. The van der Waals surface area contributed by atoms with Gasteiger partial charge in [-0.05, 0) is 56.2 Å². The first-order valence-corrected chi connectivity index (χ1v) is 11.4. The van der Waals surface area contributed by atoms with E-state index in [2.05, 4.69) is 15.5 Å². The molecule has 0 aliphatic carbocycles. The van der Waals surface area contributed by atoms with Crippen LogP contribution in [0, 0.1) is 13.8 Å². The largest absolute Gasteiger partial charge is 0.485 e. The molecule has 0 fully saturated rings. The number of hydrogen-bond donors (Lipinski definition) is 1. The molecule has 0 saturated heterocycles. The summed E-state index contributed by atoms with van der Waals surface area (Å²) in [5, 5.41) is 11.2. The number of ether oxygens (including phenoxy) is 1. The Kier molecular flexibility index (Phi) is 7.91. The smallest absolute Gasteiger partial charge is 0.416 e. The van der Waals surface area contributed by atoms with E-state index in [-0.39, 0.29) is 23.1 Å². The van der Waals surface area contributed by atoms with Gasteiger partial charge in [0.05, 0.1) is 22.0 Å². The van der Waals surface area contributed by atoms with Crippen LogP contribution in [0.1, 0.15) is 29.4 Å². The predicted molar refractivity (Wildman–Crippen MR) is 122 cm³/mol. The van der Waals surface area contributed by atoms with Gasteiger partial charge in [0.2, 0.25) is 5.91 Å². The molecule has 0 atom stereocenters. The standard InChI is InChI=1S/C22H22ClF3N4O2S/c1-4-30-19(11-32-18-7-5-6-13(2)14(18)3)28-29-21(30)33-12-20(31)27-17-10-15(22(24,25)26)8-9-16(17)23/h5-10H,4,11-12H2,1-3H3,(H,27,31). The summed E-state index contributed by atoms with van der Waals surface area (Å²) in [6.45, 7) is 6.66. The van der Waals surface area contributed by atoms with Crippen LogP contribution < -0.4 is 10.1 Å². The zero-order valence-electron chi connectivity index (χ0n) is 18.2. The van der Waals surface area contributed by atoms with Crippen molar-refractivity contribution >= 4 is 35.0 Å². The third-order valence-electron chi connectivity index (χ3n) is 4.92. The Labute approximate surface area is 198 Å². The molecule has 0 radical (unpaired) electrons. The van der Waals surface area contributed by atoms with Gasteiger partial charge in [-0.3, -0.25) is 4.79 Å². The lowest BCUT2D eigenvalue weighted by Crippen LogP contribution is -2.16. The Hall–Kier alpha value is -2.72. The second kappa shape index (κ2) is 10.5. The molecule has 3 aromatic rings. The molecule has 0 unspecified atom stereocenters. The molecule has 1 aromatic heterocycles. The molecule has 3 rings (SSSR count). The van der Waals surface area contributed by atoms with E-state index in [0.29, 0.717) is 17.5 Å². The summed E-state index contributed by atoms with van der Waals surface area (Å²) in [5.74, 6) is 0.761. The van der Waals surface area contributed by atoms with Gasteiger partial charge in [0.25, 0.3) is 0 Å². The lowest BCUT2D eigenvalue weighted by molar-refractivity contribution is -0.137. The van der Waals surface area contributed by atoms with Crippen LogP contribution in [0.15, 0.2) is 41.6 Å². The number of rotatable bonds is 8. The second-order valence-electron chi connectivity index (χ2n) is 7.16. The summed E-state index contributed by atoms with van der Waals surface area (Å²) in [5.41, 5.74) is 1.16. The monoisotopic (exact) mass is 498 g/mol. The number of nitrogens with one attached hydrogen (secondary N) is 1. The van der Waals surface area contributed by atoms with Gasteiger partial charge in [-0.1, -0.05) is 35.5 Å². The molecule has 0 spiro atoms. The molecule has 11 heteroatoms. The van der Waals surface area contributed by atoms with Crippen LogP contribution >= 0.6 is 23.4 Å². The van der Waals surface area contributed by atoms with Crippen LogP contribution in [0.2, 0.25) is 5.02 Å². The normalized spacial score (nSPS) is 11.5. The molecule has 0 saturated carbocycles. The van der Waals surface area contributed by atoms with E-state index < -0.39 is 17.6 Å². The topological polar surface area (TPSA) is 69.0 Å². The molecule has 176 valence electrons. The van der Waals surface area contributed by atoms with Crippen LogP contribution in [0.5, 0.6) is 5.75 Å². The number of benzene rings is 2. The van der Waals surface area contributed by atoms with Crippen molar-refractivity contribution in [3.05, 3.63) is 63.9 Å². The summed E-state index contributed by atoms with van der Waals surface area (Å²) in [6, 6.07) is 8.57. The van der Waals surface area contributed by atoms with Crippen LogP contribution in [0.3, 0.4) is 0 Å². The highest BCUT2D eigenvalue weighted by atomic mass is 35.5. The number of aryl methyl sites for hydroxylation is 1. The SMILES string of the molecule is CCn1c(COc2cccc(C)c2C)nnc1SCC(=O)Nc1cc(C(F)(F)F)ccc1Cl. The highest BCUT2D eigenvalue weighted by molar-refractivity contribution is 7.99. The molecule has 1 heterocycles. The Morgan fingerprint density at radius 2 is 1.97 bits per heavy atom. The molecule has 1 N–H and O–H groups in total. The fraction of sp³-hybridized carbons (Fsp3) is 0.318. The number of hydrogen-bond acceptors (Lipinski definition) is 5. The van der Waals surface area contributed by atoms with E-state index in [1.807, 2.05) is 43.5 Å². The van der Waals surface area contributed by atoms with Gasteiger partial charge < -0.3 is 14.6 Å². The number of anilines is 1. The summed E-state index contributed by atoms with van der Waals surface area (Å²) in [4.78, 5) is 12.3. The zero-order chi connectivity index (χ0) is 24.2. The average Bonchev–Trinajstić information content (AvgIpc) is 3.16. The second-order valence-corrected chi connectivity index (χ2v) is 8.51. The maximum absolute atomic E-state index is 12.9. The zero-order valence-corrected chi connectivity index (χ0v) is 19.7. The van der Waals surface area contributed by atoms with Crippen LogP contribution in [0.25, 0.3) is 0 Å². The summed E-state index contributed by atoms with van der Waals surface area (Å²) < 4.78 is 46.5. The number of aromatic nitrogens is 3. The predicted octanol–water partition coefficient (Wildman–Crippen LogP) is 5.90. The van der Waals surface area contributed by atoms with Crippen molar-refractivity contribution in [2.75, 3.05) is 11.1 Å². The molecular weight excluding hydrogens is 477 g/mol. The maximum Gasteiger partial charge on any atom is 0.416 e. The van der Waals surface area contributed by atoms with E-state index in [1.54, 1.807) is 0 Å². The summed E-state index contributed by atoms with van der Waals surface area (Å²) >= 11 is 7.05. The van der Waals surface area contributed by atoms with Crippen molar-refractivity contribution in [1.29, 1.82) is 0 Å². The number of thioether (sulfide) groups is 1. The minimum absolute atomic E-state index is 0.0175. The van der Waals surface area contributed by atoms with Crippen molar-refractivity contribution in [3.63, 3.8) is 0 Å². The molecule has 1 amide bonds. The number of halogens is 4. The highest BCUT2D eigenvalue weighted by Gasteiger charge is 2.31. The molecular formula is C22H22ClF3N4O2S. The quantitative estimate of drug-likeness (QED) is 0.392. The van der Waals surface area contributed by atoms with E-state index in [1.165, 1.54) is 0 Å². The van der Waals surface area contributed by atoms with E-state index in [0.717, 1.165) is 46.8 Å². The minimum atomic E-state index is -4.54. The molecule has 33 heavy (non-hydrogen) atoms. The first-order chi connectivity index (χ1) is 15.6. The fourth-order valence-corrected chi connectivity index (χ4v) is 3.97. The van der Waals surface area contributed by atoms with Crippen LogP contribution in [-0.4, -0.2) is 26.4 Å². The van der Waals surface area contributed by atoms with Gasteiger partial charge in [0.1, 0.15) is 12.4 Å². The lowest BCUT2D eigenvalue weighted by Gasteiger charge is -2.12. The lowest BCUT2D eigenvalue weighted by atomic mass is 10.1. The van der Waals surface area contributed by atoms with Crippen molar-refractivity contribution in [2.45, 2.75) is 45.3 Å². The first-order valence-electron chi connectivity index (χ1n) is 10.0. The van der Waals surface area contributed by atoms with Crippen molar-refractivity contribution in [1.82, 2.24) is 14.8 Å². The average molecular weight is 499 g/mol. The molecule has 0 bridgehead atoms.